The van der Waals surface area contributed by atoms with Gasteiger partial charge in [0.25, 0.3) is 11.1 Å². The van der Waals surface area contributed by atoms with Crippen molar-refractivity contribution in [3.05, 3.63) is 57.2 Å². The van der Waals surface area contributed by atoms with E-state index in [1.54, 1.807) is 12.3 Å². The minimum atomic E-state index is -0.260. The fraction of sp³-hybridized carbons (Fsp3) is 0.263. The Hall–Kier alpha value is -2.80. The lowest BCUT2D eigenvalue weighted by atomic mass is 10.1. The highest BCUT2D eigenvalue weighted by molar-refractivity contribution is 7.14. The Bertz CT molecular complexity index is 1250. The number of aromatic nitrogens is 4. The third kappa shape index (κ3) is 2.31. The number of benzene rings is 1. The molecule has 0 atom stereocenters. The second kappa shape index (κ2) is 5.88. The summed E-state index contributed by atoms with van der Waals surface area (Å²) in [5, 5.41) is 0. The maximum atomic E-state index is 12.8. The molecule has 1 N–H and O–H groups in total. The molecule has 7 heteroatoms. The number of fused-ring (bicyclic) bond motifs is 2. The van der Waals surface area contributed by atoms with Crippen LogP contribution >= 0.6 is 11.5 Å². The zero-order valence-electron chi connectivity index (χ0n) is 13.9. The van der Waals surface area contributed by atoms with Crippen LogP contribution in [0.4, 0.5) is 0 Å². The standard InChI is InChI=1S/C19H16N4O2S/c24-18-15(21-13-7-3-4-8-14(13)22-18)12-9-10-20-16-17(12)26-23(19(16)25)11-5-1-2-6-11/h3-4,7-11H,1-2,5-6H2,(H,22,24). The molecule has 1 saturated carbocycles. The molecule has 1 fully saturated rings. The lowest BCUT2D eigenvalue weighted by molar-refractivity contribution is 0.546. The summed E-state index contributed by atoms with van der Waals surface area (Å²) in [4.78, 5) is 37.1. The van der Waals surface area contributed by atoms with E-state index in [2.05, 4.69) is 15.0 Å². The van der Waals surface area contributed by atoms with Crippen LogP contribution in [-0.2, 0) is 0 Å². The van der Waals surface area contributed by atoms with Crippen molar-refractivity contribution < 1.29 is 0 Å². The Labute approximate surface area is 152 Å². The first-order chi connectivity index (χ1) is 12.7. The molecule has 26 heavy (non-hydrogen) atoms. The number of pyridine rings is 1. The summed E-state index contributed by atoms with van der Waals surface area (Å²) in [7, 11) is 0. The molecule has 0 unspecified atom stereocenters. The van der Waals surface area contributed by atoms with Crippen LogP contribution in [0.2, 0.25) is 0 Å². The summed E-state index contributed by atoms with van der Waals surface area (Å²) >= 11 is 1.41. The summed E-state index contributed by atoms with van der Waals surface area (Å²) in [5.74, 6) is 0. The Morgan fingerprint density at radius 3 is 2.77 bits per heavy atom. The zero-order valence-corrected chi connectivity index (χ0v) is 14.8. The first kappa shape index (κ1) is 15.5. The summed E-state index contributed by atoms with van der Waals surface area (Å²) < 4.78 is 2.57. The van der Waals surface area contributed by atoms with Crippen LogP contribution in [0.3, 0.4) is 0 Å². The molecule has 0 saturated heterocycles. The minimum absolute atomic E-state index is 0.0593. The van der Waals surface area contributed by atoms with Gasteiger partial charge >= 0.3 is 0 Å². The molecule has 4 aromatic rings. The van der Waals surface area contributed by atoms with Gasteiger partial charge in [-0.05, 0) is 31.0 Å². The number of rotatable bonds is 2. The van der Waals surface area contributed by atoms with Crippen molar-refractivity contribution >= 4 is 32.8 Å². The van der Waals surface area contributed by atoms with Crippen molar-refractivity contribution in [3.63, 3.8) is 0 Å². The Kier molecular flexibility index (Phi) is 3.49. The van der Waals surface area contributed by atoms with Gasteiger partial charge in [0.05, 0.1) is 15.7 Å². The highest BCUT2D eigenvalue weighted by Gasteiger charge is 2.23. The highest BCUT2D eigenvalue weighted by Crippen LogP contribution is 2.34. The monoisotopic (exact) mass is 364 g/mol. The van der Waals surface area contributed by atoms with Crippen molar-refractivity contribution in [2.45, 2.75) is 31.7 Å². The van der Waals surface area contributed by atoms with Crippen molar-refractivity contribution in [1.82, 2.24) is 18.9 Å². The normalized spacial score (nSPS) is 15.2. The smallest absolute Gasteiger partial charge is 0.287 e. The van der Waals surface area contributed by atoms with Crippen molar-refractivity contribution in [2.75, 3.05) is 0 Å². The van der Waals surface area contributed by atoms with E-state index in [0.717, 1.165) is 35.9 Å². The van der Waals surface area contributed by atoms with Crippen molar-refractivity contribution in [1.29, 1.82) is 0 Å². The average Bonchev–Trinajstić information content (AvgIpc) is 3.29. The van der Waals surface area contributed by atoms with Gasteiger partial charge < -0.3 is 4.98 Å². The molecule has 1 aliphatic carbocycles. The molecule has 5 rings (SSSR count). The molecule has 1 aromatic carbocycles. The number of hydrogen-bond acceptors (Lipinski definition) is 5. The Morgan fingerprint density at radius 2 is 1.92 bits per heavy atom. The van der Waals surface area contributed by atoms with Crippen LogP contribution in [-0.4, -0.2) is 18.9 Å². The molecule has 3 heterocycles. The number of nitrogens with zero attached hydrogens (tertiary/aromatic N) is 3. The van der Waals surface area contributed by atoms with Gasteiger partial charge in [-0.15, -0.1) is 0 Å². The predicted octanol–water partition coefficient (Wildman–Crippen LogP) is 3.48. The summed E-state index contributed by atoms with van der Waals surface area (Å²) in [5.41, 5.74) is 2.52. The van der Waals surface area contributed by atoms with Gasteiger partial charge in [0.1, 0.15) is 11.2 Å². The van der Waals surface area contributed by atoms with Crippen molar-refractivity contribution in [3.8, 4) is 11.3 Å². The van der Waals surface area contributed by atoms with Gasteiger partial charge in [-0.2, -0.15) is 0 Å². The second-order valence-corrected chi connectivity index (χ2v) is 7.61. The Balaban J connectivity index is 1.77. The van der Waals surface area contributed by atoms with Gasteiger partial charge in [-0.1, -0.05) is 36.5 Å². The van der Waals surface area contributed by atoms with E-state index in [0.29, 0.717) is 22.3 Å². The second-order valence-electron chi connectivity index (χ2n) is 6.63. The van der Waals surface area contributed by atoms with E-state index in [9.17, 15) is 9.59 Å². The van der Waals surface area contributed by atoms with Gasteiger partial charge in [0.15, 0.2) is 0 Å². The third-order valence-electron chi connectivity index (χ3n) is 5.01. The van der Waals surface area contributed by atoms with Gasteiger partial charge in [0, 0.05) is 17.8 Å². The number of aromatic amines is 1. The first-order valence-corrected chi connectivity index (χ1v) is 9.50. The van der Waals surface area contributed by atoms with E-state index in [1.807, 2.05) is 28.2 Å². The largest absolute Gasteiger partial charge is 0.319 e. The Morgan fingerprint density at radius 1 is 1.12 bits per heavy atom. The maximum Gasteiger partial charge on any atom is 0.287 e. The lowest BCUT2D eigenvalue weighted by Gasteiger charge is -2.07. The van der Waals surface area contributed by atoms with Crippen LogP contribution < -0.4 is 11.1 Å². The quantitative estimate of drug-likeness (QED) is 0.590. The number of H-pyrrole nitrogens is 1. The first-order valence-electron chi connectivity index (χ1n) is 8.72. The van der Waals surface area contributed by atoms with E-state index >= 15 is 0 Å². The molecule has 0 amide bonds. The predicted molar refractivity (Wildman–Crippen MR) is 103 cm³/mol. The summed E-state index contributed by atoms with van der Waals surface area (Å²) in [6, 6.07) is 9.44. The van der Waals surface area contributed by atoms with Crippen LogP contribution in [0.1, 0.15) is 31.7 Å². The third-order valence-corrected chi connectivity index (χ3v) is 6.26. The van der Waals surface area contributed by atoms with Gasteiger partial charge in [0.2, 0.25) is 0 Å². The summed E-state index contributed by atoms with van der Waals surface area (Å²) in [6.45, 7) is 0. The zero-order chi connectivity index (χ0) is 17.7. The van der Waals surface area contributed by atoms with E-state index in [1.165, 1.54) is 11.5 Å². The van der Waals surface area contributed by atoms with Crippen LogP contribution in [0.5, 0.6) is 0 Å². The number of hydrogen-bond donors (Lipinski definition) is 1. The average molecular weight is 364 g/mol. The van der Waals surface area contributed by atoms with Crippen LogP contribution in [0.25, 0.3) is 32.5 Å². The lowest BCUT2D eigenvalue weighted by Crippen LogP contribution is -2.17. The minimum Gasteiger partial charge on any atom is -0.319 e. The van der Waals surface area contributed by atoms with Crippen LogP contribution in [0.15, 0.2) is 46.1 Å². The van der Waals surface area contributed by atoms with E-state index in [4.69, 9.17) is 0 Å². The number of para-hydroxylation sites is 2. The molecular formula is C19H16N4O2S. The van der Waals surface area contributed by atoms with Gasteiger partial charge in [-0.25, -0.2) is 9.97 Å². The van der Waals surface area contributed by atoms with E-state index < -0.39 is 0 Å². The molecule has 0 radical (unpaired) electrons. The topological polar surface area (TPSA) is 80.6 Å². The van der Waals surface area contributed by atoms with Crippen LogP contribution in [0, 0.1) is 0 Å². The molecule has 0 aliphatic heterocycles. The fourth-order valence-electron chi connectivity index (χ4n) is 3.71. The molecule has 0 bridgehead atoms. The van der Waals surface area contributed by atoms with Gasteiger partial charge in [-0.3, -0.25) is 13.5 Å². The summed E-state index contributed by atoms with van der Waals surface area (Å²) in [6.07, 6.45) is 5.93. The fourth-order valence-corrected chi connectivity index (χ4v) is 4.93. The maximum absolute atomic E-state index is 12.8. The van der Waals surface area contributed by atoms with Crippen molar-refractivity contribution in [2.24, 2.45) is 0 Å². The molecule has 6 nitrogen and oxygen atoms in total. The molecular weight excluding hydrogens is 348 g/mol. The molecule has 0 spiro atoms. The highest BCUT2D eigenvalue weighted by atomic mass is 32.1. The molecule has 130 valence electrons. The van der Waals surface area contributed by atoms with E-state index in [-0.39, 0.29) is 17.2 Å². The number of nitrogens with one attached hydrogen (secondary N) is 1. The molecule has 1 aliphatic rings. The SMILES string of the molecule is O=c1[nH]c2ccccc2nc1-c1ccnc2c(=O)n(C3CCCC3)sc12. The molecule has 3 aromatic heterocycles.